The van der Waals surface area contributed by atoms with Crippen LogP contribution in [0, 0.1) is 5.92 Å². The lowest BCUT2D eigenvalue weighted by Gasteiger charge is -2.23. The average Bonchev–Trinajstić information content (AvgIpc) is 2.35. The summed E-state index contributed by atoms with van der Waals surface area (Å²) in [4.78, 5) is 16.3. The summed E-state index contributed by atoms with van der Waals surface area (Å²) in [7, 11) is 0. The normalized spacial score (nSPS) is 18.3. The number of carboxylic acid groups (broad SMARTS) is 1. The van der Waals surface area contributed by atoms with E-state index in [0.29, 0.717) is 11.5 Å². The van der Waals surface area contributed by atoms with Gasteiger partial charge in [0.2, 0.25) is 0 Å². The average molecular weight is 320 g/mol. The Morgan fingerprint density at radius 2 is 2.26 bits per heavy atom. The molecule has 0 aliphatic heterocycles. The van der Waals surface area contributed by atoms with Crippen LogP contribution in [0.1, 0.15) is 35.0 Å². The summed E-state index contributed by atoms with van der Waals surface area (Å²) in [5.41, 5.74) is 3.10. The first-order valence-electron chi connectivity index (χ1n) is 6.40. The molecular formula is C15H14BrNO2. The fourth-order valence-electron chi connectivity index (χ4n) is 2.83. The Kier molecular flexibility index (Phi) is 3.05. The summed E-state index contributed by atoms with van der Waals surface area (Å²) in [6.45, 7) is 2.17. The van der Waals surface area contributed by atoms with Crippen LogP contribution in [0.5, 0.6) is 0 Å². The van der Waals surface area contributed by atoms with E-state index in [9.17, 15) is 9.90 Å². The number of nitrogens with zero attached hydrogens (tertiary/aromatic N) is 1. The number of halogens is 1. The number of carboxylic acids is 1. The predicted molar refractivity (Wildman–Crippen MR) is 77.6 cm³/mol. The van der Waals surface area contributed by atoms with Gasteiger partial charge in [0.15, 0.2) is 0 Å². The summed E-state index contributed by atoms with van der Waals surface area (Å²) < 4.78 is 0.924. The highest BCUT2D eigenvalue weighted by atomic mass is 79.9. The SMILES string of the molecule is CC1CCc2nc3cc(Br)ccc3c(C(=O)O)c2C1. The Bertz CT molecular complexity index is 681. The highest BCUT2D eigenvalue weighted by Crippen LogP contribution is 2.32. The van der Waals surface area contributed by atoms with Crippen molar-refractivity contribution in [2.45, 2.75) is 26.2 Å². The smallest absolute Gasteiger partial charge is 0.336 e. The molecule has 1 atom stereocenters. The van der Waals surface area contributed by atoms with E-state index in [1.807, 2.05) is 18.2 Å². The van der Waals surface area contributed by atoms with Gasteiger partial charge in [-0.25, -0.2) is 4.79 Å². The monoisotopic (exact) mass is 319 g/mol. The molecule has 1 aromatic heterocycles. The van der Waals surface area contributed by atoms with Crippen molar-refractivity contribution in [2.24, 2.45) is 5.92 Å². The highest BCUT2D eigenvalue weighted by molar-refractivity contribution is 9.10. The predicted octanol–water partition coefficient (Wildman–Crippen LogP) is 3.82. The first-order chi connectivity index (χ1) is 9.06. The minimum Gasteiger partial charge on any atom is -0.478 e. The van der Waals surface area contributed by atoms with Gasteiger partial charge in [0.05, 0.1) is 11.1 Å². The van der Waals surface area contributed by atoms with Gasteiger partial charge in [0, 0.05) is 15.6 Å². The molecule has 19 heavy (non-hydrogen) atoms. The Morgan fingerprint density at radius 1 is 1.47 bits per heavy atom. The summed E-state index contributed by atoms with van der Waals surface area (Å²) in [6, 6.07) is 5.60. The van der Waals surface area contributed by atoms with Crippen molar-refractivity contribution in [3.05, 3.63) is 39.5 Å². The first-order valence-corrected chi connectivity index (χ1v) is 7.20. The van der Waals surface area contributed by atoms with E-state index in [-0.39, 0.29) is 0 Å². The second-order valence-electron chi connectivity index (χ2n) is 5.23. The number of pyridine rings is 1. The maximum Gasteiger partial charge on any atom is 0.336 e. The molecule has 0 radical (unpaired) electrons. The molecule has 2 aromatic rings. The molecule has 1 aliphatic carbocycles. The van der Waals surface area contributed by atoms with Gasteiger partial charge in [-0.05, 0) is 42.9 Å². The van der Waals surface area contributed by atoms with E-state index < -0.39 is 5.97 Å². The Labute approximate surface area is 119 Å². The van der Waals surface area contributed by atoms with Gasteiger partial charge in [0.25, 0.3) is 0 Å². The fraction of sp³-hybridized carbons (Fsp3) is 0.333. The van der Waals surface area contributed by atoms with Crippen molar-refractivity contribution in [2.75, 3.05) is 0 Å². The molecule has 4 heteroatoms. The number of hydrogen-bond acceptors (Lipinski definition) is 2. The third-order valence-corrected chi connectivity index (χ3v) is 4.27. The molecule has 0 bridgehead atoms. The van der Waals surface area contributed by atoms with E-state index in [2.05, 4.69) is 27.8 Å². The summed E-state index contributed by atoms with van der Waals surface area (Å²) in [5.74, 6) is -0.319. The van der Waals surface area contributed by atoms with Crippen LogP contribution in [0.3, 0.4) is 0 Å². The van der Waals surface area contributed by atoms with E-state index in [0.717, 1.165) is 45.9 Å². The van der Waals surface area contributed by atoms with Crippen LogP contribution in [0.4, 0.5) is 0 Å². The van der Waals surface area contributed by atoms with Gasteiger partial charge in [-0.1, -0.05) is 28.9 Å². The number of fused-ring (bicyclic) bond motifs is 2. The van der Waals surface area contributed by atoms with Crippen molar-refractivity contribution in [1.82, 2.24) is 4.98 Å². The Balaban J connectivity index is 2.36. The fourth-order valence-corrected chi connectivity index (χ4v) is 3.18. The highest BCUT2D eigenvalue weighted by Gasteiger charge is 2.24. The summed E-state index contributed by atoms with van der Waals surface area (Å²) in [5, 5.41) is 10.3. The largest absolute Gasteiger partial charge is 0.478 e. The molecule has 0 spiro atoms. The zero-order chi connectivity index (χ0) is 13.6. The standard InChI is InChI=1S/C15H14BrNO2/c1-8-2-5-12-11(6-8)14(15(18)19)10-4-3-9(16)7-13(10)17-12/h3-4,7-8H,2,5-6H2,1H3,(H,18,19). The molecule has 1 N–H and O–H groups in total. The van der Waals surface area contributed by atoms with Gasteiger partial charge in [-0.3, -0.25) is 4.98 Å². The van der Waals surface area contributed by atoms with Gasteiger partial charge < -0.3 is 5.11 Å². The molecule has 1 aromatic carbocycles. The number of aryl methyl sites for hydroxylation is 1. The second kappa shape index (κ2) is 4.60. The maximum absolute atomic E-state index is 11.6. The number of aromatic carboxylic acids is 1. The number of hydrogen-bond donors (Lipinski definition) is 1. The molecule has 3 rings (SSSR count). The van der Waals surface area contributed by atoms with Crippen LogP contribution in [0.15, 0.2) is 22.7 Å². The lowest BCUT2D eigenvalue weighted by molar-refractivity contribution is 0.0697. The number of benzene rings is 1. The number of rotatable bonds is 1. The summed E-state index contributed by atoms with van der Waals surface area (Å²) in [6.07, 6.45) is 2.77. The minimum atomic E-state index is -0.847. The van der Waals surface area contributed by atoms with Crippen LogP contribution in [0.25, 0.3) is 10.9 Å². The van der Waals surface area contributed by atoms with Crippen LogP contribution in [0.2, 0.25) is 0 Å². The summed E-state index contributed by atoms with van der Waals surface area (Å²) >= 11 is 3.41. The van der Waals surface area contributed by atoms with Crippen molar-refractivity contribution >= 4 is 32.8 Å². The minimum absolute atomic E-state index is 0.444. The maximum atomic E-state index is 11.6. The topological polar surface area (TPSA) is 50.2 Å². The van der Waals surface area contributed by atoms with Crippen LogP contribution < -0.4 is 0 Å². The Hall–Kier alpha value is -1.42. The third-order valence-electron chi connectivity index (χ3n) is 3.78. The van der Waals surface area contributed by atoms with Gasteiger partial charge in [-0.15, -0.1) is 0 Å². The van der Waals surface area contributed by atoms with Crippen molar-refractivity contribution in [3.8, 4) is 0 Å². The lowest BCUT2D eigenvalue weighted by atomic mass is 9.84. The third kappa shape index (κ3) is 2.14. The van der Waals surface area contributed by atoms with Crippen LogP contribution in [-0.4, -0.2) is 16.1 Å². The van der Waals surface area contributed by atoms with Gasteiger partial charge in [-0.2, -0.15) is 0 Å². The van der Waals surface area contributed by atoms with Crippen LogP contribution in [-0.2, 0) is 12.8 Å². The van der Waals surface area contributed by atoms with Gasteiger partial charge >= 0.3 is 5.97 Å². The molecule has 1 heterocycles. The molecule has 0 amide bonds. The zero-order valence-electron chi connectivity index (χ0n) is 10.6. The van der Waals surface area contributed by atoms with Crippen molar-refractivity contribution in [3.63, 3.8) is 0 Å². The molecule has 0 fully saturated rings. The second-order valence-corrected chi connectivity index (χ2v) is 6.14. The molecule has 0 saturated carbocycles. The molecule has 1 unspecified atom stereocenters. The van der Waals surface area contributed by atoms with Crippen molar-refractivity contribution in [1.29, 1.82) is 0 Å². The van der Waals surface area contributed by atoms with Gasteiger partial charge in [0.1, 0.15) is 0 Å². The van der Waals surface area contributed by atoms with E-state index in [1.165, 1.54) is 0 Å². The van der Waals surface area contributed by atoms with E-state index in [1.54, 1.807) is 0 Å². The molecule has 3 nitrogen and oxygen atoms in total. The zero-order valence-corrected chi connectivity index (χ0v) is 12.2. The quantitative estimate of drug-likeness (QED) is 0.869. The van der Waals surface area contributed by atoms with Crippen LogP contribution >= 0.6 is 15.9 Å². The van der Waals surface area contributed by atoms with E-state index in [4.69, 9.17) is 0 Å². The number of carbonyl (C=O) groups is 1. The van der Waals surface area contributed by atoms with E-state index >= 15 is 0 Å². The molecule has 0 saturated heterocycles. The molecule has 98 valence electrons. The Morgan fingerprint density at radius 3 is 3.00 bits per heavy atom. The van der Waals surface area contributed by atoms with Crippen molar-refractivity contribution < 1.29 is 9.90 Å². The number of aromatic nitrogens is 1. The lowest BCUT2D eigenvalue weighted by Crippen LogP contribution is -2.18. The first kappa shape index (κ1) is 12.6. The molecular weight excluding hydrogens is 306 g/mol. The molecule has 1 aliphatic rings.